The molecule has 2 aliphatic heterocycles. The SMILES string of the molecule is CN1C(=O)C(=C(F)B2OC(C)(C)C(C)(C)O2)c2cc(Br)ccc21. The Morgan fingerprint density at radius 3 is 2.35 bits per heavy atom. The summed E-state index contributed by atoms with van der Waals surface area (Å²) in [5, 5.41) is 0. The molecule has 0 bridgehead atoms. The van der Waals surface area contributed by atoms with Crippen molar-refractivity contribution in [3.63, 3.8) is 0 Å². The van der Waals surface area contributed by atoms with E-state index in [4.69, 9.17) is 9.31 Å². The van der Waals surface area contributed by atoms with Gasteiger partial charge in [0.05, 0.1) is 22.5 Å². The summed E-state index contributed by atoms with van der Waals surface area (Å²) in [5.74, 6) is -0.398. The van der Waals surface area contributed by atoms with Gasteiger partial charge in [0, 0.05) is 17.1 Å². The lowest BCUT2D eigenvalue weighted by Crippen LogP contribution is -2.41. The molecule has 1 aromatic carbocycles. The summed E-state index contributed by atoms with van der Waals surface area (Å²) in [6.07, 6.45) is 0. The third kappa shape index (κ3) is 2.46. The first-order valence-corrected chi connectivity index (χ1v) is 8.18. The molecule has 0 aromatic heterocycles. The Morgan fingerprint density at radius 2 is 1.78 bits per heavy atom. The number of carbonyl (C=O) groups is 1. The van der Waals surface area contributed by atoms with E-state index in [9.17, 15) is 4.79 Å². The molecule has 0 spiro atoms. The van der Waals surface area contributed by atoms with Gasteiger partial charge in [-0.2, -0.15) is 0 Å². The molecular weight excluding hydrogens is 364 g/mol. The Labute approximate surface area is 143 Å². The van der Waals surface area contributed by atoms with E-state index in [-0.39, 0.29) is 5.57 Å². The number of amides is 1. The largest absolute Gasteiger partial charge is 0.526 e. The smallest absolute Gasteiger partial charge is 0.398 e. The molecule has 23 heavy (non-hydrogen) atoms. The van der Waals surface area contributed by atoms with Crippen molar-refractivity contribution in [2.75, 3.05) is 11.9 Å². The van der Waals surface area contributed by atoms with Crippen LogP contribution in [0.2, 0.25) is 0 Å². The van der Waals surface area contributed by atoms with E-state index >= 15 is 4.39 Å². The quantitative estimate of drug-likeness (QED) is 0.549. The van der Waals surface area contributed by atoms with Gasteiger partial charge in [0.1, 0.15) is 5.73 Å². The second-order valence-corrected chi connectivity index (χ2v) is 7.75. The van der Waals surface area contributed by atoms with Crippen LogP contribution >= 0.6 is 15.9 Å². The molecule has 7 heteroatoms. The Hall–Kier alpha value is -1.18. The lowest BCUT2D eigenvalue weighted by atomic mass is 9.83. The third-order valence-electron chi connectivity index (χ3n) is 4.81. The first-order valence-electron chi connectivity index (χ1n) is 7.38. The van der Waals surface area contributed by atoms with Gasteiger partial charge in [0.15, 0.2) is 0 Å². The van der Waals surface area contributed by atoms with Crippen molar-refractivity contribution < 1.29 is 18.5 Å². The predicted octanol–water partition coefficient (Wildman–Crippen LogP) is 3.74. The molecule has 0 saturated carbocycles. The van der Waals surface area contributed by atoms with Crippen LogP contribution in [0.1, 0.15) is 33.3 Å². The molecule has 0 unspecified atom stereocenters. The summed E-state index contributed by atoms with van der Waals surface area (Å²) >= 11 is 3.36. The fourth-order valence-electron chi connectivity index (χ4n) is 2.69. The van der Waals surface area contributed by atoms with Crippen LogP contribution in [0.15, 0.2) is 28.4 Å². The average Bonchev–Trinajstić information content (AvgIpc) is 2.81. The summed E-state index contributed by atoms with van der Waals surface area (Å²) in [6.45, 7) is 7.38. The monoisotopic (exact) mass is 381 g/mol. The Kier molecular flexibility index (Phi) is 3.74. The zero-order valence-electron chi connectivity index (χ0n) is 13.7. The average molecular weight is 382 g/mol. The molecule has 0 N–H and O–H groups in total. The number of hydrogen-bond donors (Lipinski definition) is 0. The second kappa shape index (κ2) is 5.16. The first kappa shape index (κ1) is 16.7. The molecule has 3 rings (SSSR count). The van der Waals surface area contributed by atoms with Crippen LogP contribution in [0.25, 0.3) is 5.57 Å². The van der Waals surface area contributed by atoms with Gasteiger partial charge >= 0.3 is 7.12 Å². The van der Waals surface area contributed by atoms with E-state index in [0.717, 1.165) is 4.47 Å². The molecule has 1 saturated heterocycles. The summed E-state index contributed by atoms with van der Waals surface area (Å²) in [4.78, 5) is 13.9. The topological polar surface area (TPSA) is 38.8 Å². The normalized spacial score (nSPS) is 24.2. The number of carbonyl (C=O) groups excluding carboxylic acids is 1. The van der Waals surface area contributed by atoms with Crippen LogP contribution in [0.5, 0.6) is 0 Å². The number of anilines is 1. The number of fused-ring (bicyclic) bond motifs is 1. The lowest BCUT2D eigenvalue weighted by Gasteiger charge is -2.32. The number of nitrogens with zero attached hydrogens (tertiary/aromatic N) is 1. The van der Waals surface area contributed by atoms with Crippen molar-refractivity contribution in [3.8, 4) is 0 Å². The predicted molar refractivity (Wildman–Crippen MR) is 91.7 cm³/mol. The maximum absolute atomic E-state index is 15.1. The van der Waals surface area contributed by atoms with Crippen molar-refractivity contribution in [3.05, 3.63) is 34.0 Å². The van der Waals surface area contributed by atoms with Crippen LogP contribution in [-0.4, -0.2) is 31.3 Å². The Balaban J connectivity index is 2.09. The summed E-state index contributed by atoms with van der Waals surface area (Å²) < 4.78 is 27.3. The number of halogens is 2. The van der Waals surface area contributed by atoms with Crippen LogP contribution in [0.4, 0.5) is 10.1 Å². The van der Waals surface area contributed by atoms with E-state index in [0.29, 0.717) is 11.3 Å². The molecule has 4 nitrogen and oxygen atoms in total. The number of likely N-dealkylation sites (N-methyl/N-ethyl adjacent to an activating group) is 1. The number of benzene rings is 1. The van der Waals surface area contributed by atoms with Crippen molar-refractivity contribution in [1.82, 2.24) is 0 Å². The zero-order chi connectivity index (χ0) is 17.2. The van der Waals surface area contributed by atoms with Crippen molar-refractivity contribution in [2.45, 2.75) is 38.9 Å². The highest BCUT2D eigenvalue weighted by Crippen LogP contribution is 2.44. The molecule has 2 aliphatic rings. The molecule has 0 aliphatic carbocycles. The van der Waals surface area contributed by atoms with Crippen LogP contribution in [-0.2, 0) is 14.1 Å². The Morgan fingerprint density at radius 1 is 1.22 bits per heavy atom. The molecule has 122 valence electrons. The minimum Gasteiger partial charge on any atom is -0.398 e. The highest BCUT2D eigenvalue weighted by molar-refractivity contribution is 9.10. The maximum Gasteiger partial charge on any atom is 0.526 e. The standard InChI is InChI=1S/C16H18BBrFNO3/c1-15(2)16(3,4)23-17(22-15)13(19)12-10-8-9(18)6-7-11(10)20(5)14(12)21/h6-8H,1-5H3. The highest BCUT2D eigenvalue weighted by Gasteiger charge is 2.54. The first-order chi connectivity index (χ1) is 10.5. The molecule has 0 atom stereocenters. The molecule has 2 heterocycles. The molecule has 1 amide bonds. The van der Waals surface area contributed by atoms with E-state index in [1.165, 1.54) is 4.90 Å². The maximum atomic E-state index is 15.1. The zero-order valence-corrected chi connectivity index (χ0v) is 15.3. The second-order valence-electron chi connectivity index (χ2n) is 6.84. The van der Waals surface area contributed by atoms with Gasteiger partial charge in [-0.25, -0.2) is 4.39 Å². The minimum absolute atomic E-state index is 0.00213. The van der Waals surface area contributed by atoms with Gasteiger partial charge in [-0.1, -0.05) is 15.9 Å². The lowest BCUT2D eigenvalue weighted by molar-refractivity contribution is -0.112. The third-order valence-corrected chi connectivity index (χ3v) is 5.30. The van der Waals surface area contributed by atoms with E-state index < -0.39 is 30.0 Å². The van der Waals surface area contributed by atoms with Crippen molar-refractivity contribution in [2.24, 2.45) is 0 Å². The summed E-state index contributed by atoms with van der Waals surface area (Å²) in [5.41, 5.74) is -0.800. The number of hydrogen-bond acceptors (Lipinski definition) is 3. The van der Waals surface area contributed by atoms with Crippen molar-refractivity contribution >= 4 is 40.2 Å². The fourth-order valence-corrected chi connectivity index (χ4v) is 3.05. The molecular formula is C16H18BBrFNO3. The Bertz CT molecular complexity index is 716. The molecule has 0 radical (unpaired) electrons. The van der Waals surface area contributed by atoms with Crippen LogP contribution in [0, 0.1) is 0 Å². The van der Waals surface area contributed by atoms with E-state index in [1.807, 2.05) is 33.8 Å². The van der Waals surface area contributed by atoms with Gasteiger partial charge in [0.25, 0.3) is 5.91 Å². The van der Waals surface area contributed by atoms with Gasteiger partial charge in [-0.3, -0.25) is 4.79 Å². The fraction of sp³-hybridized carbons (Fsp3) is 0.438. The van der Waals surface area contributed by atoms with Crippen molar-refractivity contribution in [1.29, 1.82) is 0 Å². The van der Waals surface area contributed by atoms with Gasteiger partial charge in [-0.15, -0.1) is 0 Å². The summed E-state index contributed by atoms with van der Waals surface area (Å²) in [7, 11) is 0.442. The highest BCUT2D eigenvalue weighted by atomic mass is 79.9. The molecule has 1 fully saturated rings. The summed E-state index contributed by atoms with van der Waals surface area (Å²) in [6, 6.07) is 5.33. The van der Waals surface area contributed by atoms with E-state index in [1.54, 1.807) is 19.2 Å². The van der Waals surface area contributed by atoms with Crippen LogP contribution < -0.4 is 4.90 Å². The van der Waals surface area contributed by atoms with Gasteiger partial charge in [0.2, 0.25) is 0 Å². The molecule has 1 aromatic rings. The minimum atomic E-state index is -1.18. The van der Waals surface area contributed by atoms with Gasteiger partial charge < -0.3 is 14.2 Å². The van der Waals surface area contributed by atoms with Gasteiger partial charge in [-0.05, 0) is 45.9 Å². The van der Waals surface area contributed by atoms with E-state index in [2.05, 4.69) is 15.9 Å². The number of rotatable bonds is 1. The van der Waals surface area contributed by atoms with Crippen LogP contribution in [0.3, 0.4) is 0 Å².